The number of rotatable bonds is 1. The number of oxazole rings is 1. The topological polar surface area (TPSA) is 38.9 Å². The average molecular weight is 275 g/mol. The van der Waals surface area contributed by atoms with E-state index in [0.717, 1.165) is 15.6 Å². The molecule has 4 heteroatoms. The van der Waals surface area contributed by atoms with Crippen molar-refractivity contribution in [1.29, 1.82) is 0 Å². The van der Waals surface area contributed by atoms with Gasteiger partial charge >= 0.3 is 0 Å². The Balaban J connectivity index is 2.15. The zero-order chi connectivity index (χ0) is 11.0. The molecule has 0 radical (unpaired) electrons. The third-order valence-electron chi connectivity index (χ3n) is 2.26. The molecule has 0 unspecified atom stereocenters. The largest absolute Gasteiger partial charge is 0.418 e. The molecule has 1 aromatic carbocycles. The summed E-state index contributed by atoms with van der Waals surface area (Å²) in [5.74, 6) is 0.598. The minimum absolute atomic E-state index is 0.570. The third kappa shape index (κ3) is 1.61. The maximum Gasteiger partial charge on any atom is 0.247 e. The van der Waals surface area contributed by atoms with Crippen LogP contribution in [0.4, 0.5) is 0 Å². The van der Waals surface area contributed by atoms with Crippen molar-refractivity contribution in [3.05, 3.63) is 47.1 Å². The molecule has 78 valence electrons. The van der Waals surface area contributed by atoms with Crippen LogP contribution in [0.25, 0.3) is 22.7 Å². The predicted octanol–water partition coefficient (Wildman–Crippen LogP) is 3.65. The van der Waals surface area contributed by atoms with Crippen molar-refractivity contribution in [2.45, 2.75) is 0 Å². The van der Waals surface area contributed by atoms with Crippen LogP contribution < -0.4 is 0 Å². The normalized spacial score (nSPS) is 10.8. The van der Waals surface area contributed by atoms with E-state index in [9.17, 15) is 0 Å². The summed E-state index contributed by atoms with van der Waals surface area (Å²) in [6.45, 7) is 0. The fraction of sp³-hybridized carbons (Fsp3) is 0. The van der Waals surface area contributed by atoms with Crippen molar-refractivity contribution < 1.29 is 4.42 Å². The van der Waals surface area contributed by atoms with Crippen LogP contribution >= 0.6 is 15.9 Å². The molecule has 16 heavy (non-hydrogen) atoms. The smallest absolute Gasteiger partial charge is 0.247 e. The Labute approximate surface area is 100 Å². The van der Waals surface area contributed by atoms with Gasteiger partial charge in [-0.15, -0.1) is 0 Å². The van der Waals surface area contributed by atoms with Gasteiger partial charge in [0.2, 0.25) is 11.6 Å². The summed E-state index contributed by atoms with van der Waals surface area (Å²) < 4.78 is 6.59. The van der Waals surface area contributed by atoms with Crippen molar-refractivity contribution in [2.24, 2.45) is 0 Å². The second-order valence-corrected chi connectivity index (χ2v) is 4.27. The van der Waals surface area contributed by atoms with Gasteiger partial charge in [0.25, 0.3) is 0 Å². The highest BCUT2D eigenvalue weighted by molar-refractivity contribution is 9.10. The molecular weight excluding hydrogens is 268 g/mol. The molecule has 0 saturated carbocycles. The fourth-order valence-electron chi connectivity index (χ4n) is 1.49. The van der Waals surface area contributed by atoms with Gasteiger partial charge in [0, 0.05) is 16.2 Å². The van der Waals surface area contributed by atoms with Gasteiger partial charge in [-0.1, -0.05) is 15.9 Å². The maximum absolute atomic E-state index is 5.56. The molecule has 0 bridgehead atoms. The summed E-state index contributed by atoms with van der Waals surface area (Å²) in [5.41, 5.74) is 2.29. The Morgan fingerprint density at radius 2 is 1.88 bits per heavy atom. The van der Waals surface area contributed by atoms with Gasteiger partial charge in [-0.05, 0) is 36.4 Å². The monoisotopic (exact) mass is 274 g/mol. The van der Waals surface area contributed by atoms with Gasteiger partial charge in [0.15, 0.2) is 0 Å². The van der Waals surface area contributed by atoms with Gasteiger partial charge in [0.1, 0.15) is 5.52 Å². The molecule has 3 nitrogen and oxygen atoms in total. The Hall–Kier alpha value is -1.68. The van der Waals surface area contributed by atoms with Crippen molar-refractivity contribution in [2.75, 3.05) is 0 Å². The summed E-state index contributed by atoms with van der Waals surface area (Å²) in [7, 11) is 0. The third-order valence-corrected chi connectivity index (χ3v) is 2.79. The first-order valence-corrected chi connectivity index (χ1v) is 5.60. The van der Waals surface area contributed by atoms with Crippen molar-refractivity contribution in [3.8, 4) is 11.5 Å². The predicted molar refractivity (Wildman–Crippen MR) is 64.9 cm³/mol. The SMILES string of the molecule is Brc1ccc(-c2nc3cccnc3o2)cc1. The van der Waals surface area contributed by atoms with Crippen molar-refractivity contribution in [1.82, 2.24) is 9.97 Å². The number of aromatic nitrogens is 2. The van der Waals surface area contributed by atoms with Gasteiger partial charge in [-0.2, -0.15) is 0 Å². The highest BCUT2D eigenvalue weighted by atomic mass is 79.9. The van der Waals surface area contributed by atoms with Gasteiger partial charge in [-0.3, -0.25) is 0 Å². The Bertz CT molecular complexity index is 598. The van der Waals surface area contributed by atoms with Crippen LogP contribution in [-0.2, 0) is 0 Å². The van der Waals surface area contributed by atoms with E-state index in [1.54, 1.807) is 6.20 Å². The molecule has 2 aromatic heterocycles. The fourth-order valence-corrected chi connectivity index (χ4v) is 1.75. The van der Waals surface area contributed by atoms with Crippen LogP contribution in [0.15, 0.2) is 51.5 Å². The lowest BCUT2D eigenvalue weighted by Gasteiger charge is -1.94. The maximum atomic E-state index is 5.56. The van der Waals surface area contributed by atoms with E-state index in [-0.39, 0.29) is 0 Å². The molecule has 0 fully saturated rings. The summed E-state index contributed by atoms with van der Waals surface area (Å²) in [5, 5.41) is 0. The second-order valence-electron chi connectivity index (χ2n) is 3.35. The van der Waals surface area contributed by atoms with E-state index in [2.05, 4.69) is 25.9 Å². The molecule has 0 amide bonds. The zero-order valence-corrected chi connectivity index (χ0v) is 9.81. The Morgan fingerprint density at radius 1 is 1.06 bits per heavy atom. The van der Waals surface area contributed by atoms with Crippen LogP contribution in [0.3, 0.4) is 0 Å². The molecular formula is C12H7BrN2O. The van der Waals surface area contributed by atoms with Gasteiger partial charge in [-0.25, -0.2) is 9.97 Å². The Kier molecular flexibility index (Phi) is 2.22. The summed E-state index contributed by atoms with van der Waals surface area (Å²) in [4.78, 5) is 8.47. The highest BCUT2D eigenvalue weighted by Crippen LogP contribution is 2.23. The zero-order valence-electron chi connectivity index (χ0n) is 8.22. The van der Waals surface area contributed by atoms with Gasteiger partial charge in [0.05, 0.1) is 0 Å². The van der Waals surface area contributed by atoms with Crippen LogP contribution in [0.5, 0.6) is 0 Å². The quantitative estimate of drug-likeness (QED) is 0.680. The molecule has 3 rings (SSSR count). The van der Waals surface area contributed by atoms with E-state index in [1.165, 1.54) is 0 Å². The van der Waals surface area contributed by atoms with Crippen LogP contribution in [0.1, 0.15) is 0 Å². The number of pyridine rings is 1. The lowest BCUT2D eigenvalue weighted by molar-refractivity contribution is 0.608. The van der Waals surface area contributed by atoms with E-state index < -0.39 is 0 Å². The number of benzene rings is 1. The first-order chi connectivity index (χ1) is 7.83. The van der Waals surface area contributed by atoms with Gasteiger partial charge < -0.3 is 4.42 Å². The molecule has 0 aliphatic carbocycles. The second kappa shape index (κ2) is 3.72. The first kappa shape index (κ1) is 9.54. The lowest BCUT2D eigenvalue weighted by Crippen LogP contribution is -1.75. The molecule has 0 N–H and O–H groups in total. The van der Waals surface area contributed by atoms with Crippen LogP contribution in [-0.4, -0.2) is 9.97 Å². The minimum atomic E-state index is 0.570. The molecule has 0 atom stereocenters. The van der Waals surface area contributed by atoms with E-state index in [4.69, 9.17) is 4.42 Å². The standard InChI is InChI=1S/C12H7BrN2O/c13-9-5-3-8(4-6-9)11-15-10-2-1-7-14-12(10)16-11/h1-7H. The summed E-state index contributed by atoms with van der Waals surface area (Å²) >= 11 is 3.39. The number of halogens is 1. The molecule has 0 aliphatic heterocycles. The van der Waals surface area contributed by atoms with E-state index in [0.29, 0.717) is 11.6 Å². The number of fused-ring (bicyclic) bond motifs is 1. The molecule has 0 spiro atoms. The summed E-state index contributed by atoms with van der Waals surface area (Å²) in [6.07, 6.45) is 1.69. The number of hydrogen-bond donors (Lipinski definition) is 0. The van der Waals surface area contributed by atoms with Crippen molar-refractivity contribution >= 4 is 27.2 Å². The van der Waals surface area contributed by atoms with E-state index >= 15 is 0 Å². The average Bonchev–Trinajstić information content (AvgIpc) is 2.73. The molecule has 0 saturated heterocycles. The summed E-state index contributed by atoms with van der Waals surface area (Å²) in [6, 6.07) is 11.5. The van der Waals surface area contributed by atoms with Crippen molar-refractivity contribution in [3.63, 3.8) is 0 Å². The number of nitrogens with zero attached hydrogens (tertiary/aromatic N) is 2. The molecule has 3 aromatic rings. The van der Waals surface area contributed by atoms with Crippen LogP contribution in [0.2, 0.25) is 0 Å². The lowest BCUT2D eigenvalue weighted by atomic mass is 10.2. The van der Waals surface area contributed by atoms with Crippen LogP contribution in [0, 0.1) is 0 Å². The number of hydrogen-bond acceptors (Lipinski definition) is 3. The minimum Gasteiger partial charge on any atom is -0.418 e. The Morgan fingerprint density at radius 3 is 2.62 bits per heavy atom. The molecule has 0 aliphatic rings. The molecule has 2 heterocycles. The first-order valence-electron chi connectivity index (χ1n) is 4.80. The highest BCUT2D eigenvalue weighted by Gasteiger charge is 2.07. The van der Waals surface area contributed by atoms with E-state index in [1.807, 2.05) is 36.4 Å².